The summed E-state index contributed by atoms with van der Waals surface area (Å²) < 4.78 is 0. The Kier molecular flexibility index (Phi) is 4.23. The first kappa shape index (κ1) is 17.7. The van der Waals surface area contributed by atoms with E-state index in [-0.39, 0.29) is 22.5 Å². The molecule has 1 fully saturated rings. The van der Waals surface area contributed by atoms with E-state index in [2.05, 4.69) is 36.3 Å². The Morgan fingerprint density at radius 2 is 2.15 bits per heavy atom. The number of thioether (sulfide) groups is 1. The number of carbonyl (C=O) groups is 1. The summed E-state index contributed by atoms with van der Waals surface area (Å²) in [6.07, 6.45) is 2.29. The Bertz CT molecular complexity index is 888. The van der Waals surface area contributed by atoms with Crippen LogP contribution in [0.15, 0.2) is 29.4 Å². The molecule has 26 heavy (non-hydrogen) atoms. The minimum Gasteiger partial charge on any atom is -0.325 e. The highest BCUT2D eigenvalue weighted by Crippen LogP contribution is 2.66. The maximum Gasteiger partial charge on any atom is 0.234 e. The third-order valence-electron chi connectivity index (χ3n) is 6.21. The summed E-state index contributed by atoms with van der Waals surface area (Å²) in [6.45, 7) is 6.90. The number of hydrogen-bond donors (Lipinski definition) is 1. The van der Waals surface area contributed by atoms with Gasteiger partial charge in [-0.05, 0) is 36.5 Å². The molecule has 2 aliphatic carbocycles. The van der Waals surface area contributed by atoms with E-state index in [1.807, 2.05) is 6.07 Å². The molecule has 2 aliphatic rings. The molecule has 2 atom stereocenters. The van der Waals surface area contributed by atoms with Crippen LogP contribution in [0.4, 0.5) is 5.69 Å². The summed E-state index contributed by atoms with van der Waals surface area (Å²) >= 11 is 7.25. The predicted octanol–water partition coefficient (Wildman–Crippen LogP) is 4.43. The van der Waals surface area contributed by atoms with Crippen molar-refractivity contribution < 1.29 is 4.79 Å². The number of benzene rings is 1. The van der Waals surface area contributed by atoms with Crippen LogP contribution in [-0.4, -0.2) is 26.8 Å². The van der Waals surface area contributed by atoms with Gasteiger partial charge in [-0.3, -0.25) is 4.79 Å². The number of hydrogen-bond acceptors (Lipinski definition) is 5. The minimum absolute atomic E-state index is 0.0430. The molecular formula is C19H21ClN4OS. The normalized spacial score (nSPS) is 25.2. The molecule has 2 bridgehead atoms. The minimum atomic E-state index is -0.116. The molecule has 1 amide bonds. The van der Waals surface area contributed by atoms with E-state index in [0.717, 1.165) is 24.2 Å². The van der Waals surface area contributed by atoms with E-state index in [9.17, 15) is 4.79 Å². The largest absolute Gasteiger partial charge is 0.325 e. The lowest BCUT2D eigenvalue weighted by Crippen LogP contribution is -2.32. The van der Waals surface area contributed by atoms with Gasteiger partial charge in [0.25, 0.3) is 0 Å². The van der Waals surface area contributed by atoms with Crippen molar-refractivity contribution in [2.75, 3.05) is 11.1 Å². The molecule has 4 rings (SSSR count). The fourth-order valence-corrected chi connectivity index (χ4v) is 5.09. The first-order valence-corrected chi connectivity index (χ1v) is 10.1. The maximum absolute atomic E-state index is 12.2. The van der Waals surface area contributed by atoms with Gasteiger partial charge >= 0.3 is 0 Å². The standard InChI is InChI=1S/C19H21ClN4OS/c1-18(2)13-7-8-19(18,3)16-15(13)23-24-17(22-16)26-10-14(25)21-12-6-4-5-11(20)9-12/h4-6,9,13H,7-8,10H2,1-3H3,(H,21,25). The summed E-state index contributed by atoms with van der Waals surface area (Å²) in [5, 5.41) is 12.7. The molecule has 1 aromatic carbocycles. The van der Waals surface area contributed by atoms with E-state index in [1.165, 1.54) is 11.8 Å². The van der Waals surface area contributed by atoms with E-state index in [4.69, 9.17) is 16.6 Å². The fraction of sp³-hybridized carbons (Fsp3) is 0.474. The highest BCUT2D eigenvalue weighted by Gasteiger charge is 2.61. The van der Waals surface area contributed by atoms with Crippen molar-refractivity contribution in [1.29, 1.82) is 0 Å². The lowest BCUT2D eigenvalue weighted by Gasteiger charge is -2.33. The third-order valence-corrected chi connectivity index (χ3v) is 7.29. The van der Waals surface area contributed by atoms with Gasteiger partial charge in [-0.15, -0.1) is 5.10 Å². The van der Waals surface area contributed by atoms with Crippen molar-refractivity contribution in [1.82, 2.24) is 15.2 Å². The molecule has 0 aliphatic heterocycles. The van der Waals surface area contributed by atoms with Gasteiger partial charge in [0.15, 0.2) is 0 Å². The zero-order chi connectivity index (χ0) is 18.5. The lowest BCUT2D eigenvalue weighted by molar-refractivity contribution is -0.113. The van der Waals surface area contributed by atoms with Crippen LogP contribution < -0.4 is 5.32 Å². The molecule has 1 N–H and O–H groups in total. The number of rotatable bonds is 4. The van der Waals surface area contributed by atoms with Crippen LogP contribution in [0.1, 0.15) is 50.9 Å². The predicted molar refractivity (Wildman–Crippen MR) is 104 cm³/mol. The molecular weight excluding hydrogens is 368 g/mol. The SMILES string of the molecule is CC12CCC(c3nnc(SCC(=O)Nc4cccc(Cl)c4)nc31)C2(C)C. The van der Waals surface area contributed by atoms with Crippen molar-refractivity contribution in [3.63, 3.8) is 0 Å². The first-order valence-electron chi connectivity index (χ1n) is 8.74. The fourth-order valence-electron chi connectivity index (χ4n) is 4.32. The Labute approximate surface area is 162 Å². The van der Waals surface area contributed by atoms with Crippen LogP contribution in [0, 0.1) is 5.41 Å². The summed E-state index contributed by atoms with van der Waals surface area (Å²) in [6, 6.07) is 7.10. The van der Waals surface area contributed by atoms with Gasteiger partial charge in [0.1, 0.15) is 0 Å². The van der Waals surface area contributed by atoms with E-state index in [1.54, 1.807) is 18.2 Å². The second-order valence-corrected chi connectivity index (χ2v) is 9.20. The van der Waals surface area contributed by atoms with Crippen molar-refractivity contribution in [2.24, 2.45) is 5.41 Å². The van der Waals surface area contributed by atoms with Gasteiger partial charge in [-0.1, -0.05) is 50.2 Å². The van der Waals surface area contributed by atoms with Crippen LogP contribution in [0.5, 0.6) is 0 Å². The van der Waals surface area contributed by atoms with Gasteiger partial charge in [0.05, 0.1) is 17.1 Å². The second-order valence-electron chi connectivity index (χ2n) is 7.82. The summed E-state index contributed by atoms with van der Waals surface area (Å²) in [5.41, 5.74) is 3.01. The lowest BCUT2D eigenvalue weighted by atomic mass is 9.70. The zero-order valence-corrected chi connectivity index (χ0v) is 16.6. The Morgan fingerprint density at radius 3 is 2.92 bits per heavy atom. The molecule has 7 heteroatoms. The number of anilines is 1. The number of aromatic nitrogens is 3. The molecule has 1 heterocycles. The van der Waals surface area contributed by atoms with Crippen molar-refractivity contribution in [2.45, 2.75) is 50.1 Å². The van der Waals surface area contributed by atoms with Gasteiger partial charge in [0, 0.05) is 22.0 Å². The topological polar surface area (TPSA) is 67.8 Å². The van der Waals surface area contributed by atoms with Crippen LogP contribution in [0.2, 0.25) is 5.02 Å². The Balaban J connectivity index is 1.46. The quantitative estimate of drug-likeness (QED) is 0.784. The zero-order valence-electron chi connectivity index (χ0n) is 15.0. The van der Waals surface area contributed by atoms with Gasteiger partial charge < -0.3 is 5.32 Å². The third kappa shape index (κ3) is 2.70. The number of halogens is 1. The van der Waals surface area contributed by atoms with Crippen LogP contribution >= 0.6 is 23.4 Å². The van der Waals surface area contributed by atoms with Crippen LogP contribution in [-0.2, 0) is 10.2 Å². The smallest absolute Gasteiger partial charge is 0.234 e. The maximum atomic E-state index is 12.2. The number of fused-ring (bicyclic) bond motifs is 5. The molecule has 1 saturated carbocycles. The van der Waals surface area contributed by atoms with E-state index in [0.29, 0.717) is 21.8 Å². The summed E-state index contributed by atoms with van der Waals surface area (Å²) in [5.74, 6) is 0.554. The average molecular weight is 389 g/mol. The molecule has 136 valence electrons. The van der Waals surface area contributed by atoms with Crippen molar-refractivity contribution >= 4 is 35.0 Å². The van der Waals surface area contributed by atoms with Gasteiger partial charge in [0.2, 0.25) is 11.1 Å². The summed E-state index contributed by atoms with van der Waals surface area (Å²) in [7, 11) is 0. The molecule has 0 spiro atoms. The number of amides is 1. The molecule has 1 aromatic heterocycles. The average Bonchev–Trinajstić information content (AvgIpc) is 2.92. The number of carbonyl (C=O) groups excluding carboxylic acids is 1. The number of nitrogens with zero attached hydrogens (tertiary/aromatic N) is 3. The molecule has 0 saturated heterocycles. The van der Waals surface area contributed by atoms with E-state index >= 15 is 0 Å². The van der Waals surface area contributed by atoms with Crippen molar-refractivity contribution in [3.8, 4) is 0 Å². The molecule has 0 radical (unpaired) electrons. The monoisotopic (exact) mass is 388 g/mol. The van der Waals surface area contributed by atoms with E-state index < -0.39 is 0 Å². The highest BCUT2D eigenvalue weighted by atomic mass is 35.5. The Morgan fingerprint density at radius 1 is 1.35 bits per heavy atom. The second kappa shape index (κ2) is 6.20. The first-order chi connectivity index (χ1) is 12.3. The van der Waals surface area contributed by atoms with Gasteiger partial charge in [-0.25, -0.2) is 4.98 Å². The van der Waals surface area contributed by atoms with Crippen molar-refractivity contribution in [3.05, 3.63) is 40.7 Å². The molecule has 5 nitrogen and oxygen atoms in total. The molecule has 2 aromatic rings. The molecule has 2 unspecified atom stereocenters. The number of nitrogens with one attached hydrogen (secondary N) is 1. The highest BCUT2D eigenvalue weighted by molar-refractivity contribution is 7.99. The van der Waals surface area contributed by atoms with Crippen LogP contribution in [0.3, 0.4) is 0 Å². The summed E-state index contributed by atoms with van der Waals surface area (Å²) in [4.78, 5) is 17.0. The Hall–Kier alpha value is -1.66. The van der Waals surface area contributed by atoms with Gasteiger partial charge in [-0.2, -0.15) is 5.10 Å². The van der Waals surface area contributed by atoms with Crippen LogP contribution in [0.25, 0.3) is 0 Å².